The van der Waals surface area contributed by atoms with E-state index in [0.29, 0.717) is 6.61 Å². The summed E-state index contributed by atoms with van der Waals surface area (Å²) in [5.41, 5.74) is 0. The van der Waals surface area contributed by atoms with Gasteiger partial charge in [-0.1, -0.05) is 6.92 Å². The molecule has 1 aliphatic heterocycles. The van der Waals surface area contributed by atoms with Crippen molar-refractivity contribution in [1.29, 1.82) is 0 Å². The summed E-state index contributed by atoms with van der Waals surface area (Å²) in [6.07, 6.45) is -0.168. The van der Waals surface area contributed by atoms with Crippen LogP contribution in [0.5, 0.6) is 0 Å². The fraction of sp³-hybridized carbons (Fsp3) is 0.727. The average Bonchev–Trinajstić information content (AvgIpc) is 2.32. The number of carbonyl (C=O) groups is 1. The molecule has 1 aliphatic rings. The molecule has 88 valence electrons. The van der Waals surface area contributed by atoms with Gasteiger partial charge in [-0.2, -0.15) is 0 Å². The lowest BCUT2D eigenvalue weighted by Crippen LogP contribution is -2.48. The lowest BCUT2D eigenvalue weighted by Gasteiger charge is -2.33. The Morgan fingerprint density at radius 1 is 1.20 bits per heavy atom. The highest BCUT2D eigenvalue weighted by Gasteiger charge is 2.20. The Kier molecular flexibility index (Phi) is 7.72. The number of amides is 1. The first-order chi connectivity index (χ1) is 7.27. The maximum Gasteiger partial charge on any atom is 0.409 e. The fourth-order valence-electron chi connectivity index (χ4n) is 1.46. The van der Waals surface area contributed by atoms with Crippen molar-refractivity contribution < 1.29 is 9.53 Å². The topological polar surface area (TPSA) is 32.8 Å². The predicted molar refractivity (Wildman–Crippen MR) is 62.0 cm³/mol. The molecular formula is C11H22N2O2. The van der Waals surface area contributed by atoms with E-state index in [1.807, 2.05) is 6.92 Å². The highest BCUT2D eigenvalue weighted by molar-refractivity contribution is 5.67. The quantitative estimate of drug-likeness (QED) is 0.654. The van der Waals surface area contributed by atoms with E-state index >= 15 is 0 Å². The summed E-state index contributed by atoms with van der Waals surface area (Å²) < 4.78 is 4.92. The SMILES string of the molecule is C=C.CCOC(=O)N1CCN(CC)CC1. The zero-order chi connectivity index (χ0) is 11.7. The Labute approximate surface area is 92.5 Å². The first-order valence-corrected chi connectivity index (χ1v) is 5.42. The van der Waals surface area contributed by atoms with E-state index in [9.17, 15) is 4.79 Å². The summed E-state index contributed by atoms with van der Waals surface area (Å²) in [6.45, 7) is 15.0. The summed E-state index contributed by atoms with van der Waals surface area (Å²) in [4.78, 5) is 15.4. The average molecular weight is 214 g/mol. The van der Waals surface area contributed by atoms with Crippen molar-refractivity contribution in [3.8, 4) is 0 Å². The third-order valence-corrected chi connectivity index (χ3v) is 2.35. The van der Waals surface area contributed by atoms with E-state index in [4.69, 9.17) is 4.74 Å². The standard InChI is InChI=1S/C9H18N2O2.C2H4/c1-3-10-5-7-11(8-6-10)9(12)13-4-2;1-2/h3-8H2,1-2H3;1-2H2. The van der Waals surface area contributed by atoms with Gasteiger partial charge in [0, 0.05) is 26.2 Å². The summed E-state index contributed by atoms with van der Waals surface area (Å²) in [5, 5.41) is 0. The molecule has 0 aromatic rings. The van der Waals surface area contributed by atoms with E-state index in [-0.39, 0.29) is 6.09 Å². The Morgan fingerprint density at radius 2 is 1.73 bits per heavy atom. The molecule has 0 radical (unpaired) electrons. The lowest BCUT2D eigenvalue weighted by molar-refractivity contribution is 0.0810. The molecule has 1 amide bonds. The van der Waals surface area contributed by atoms with Gasteiger partial charge in [0.15, 0.2) is 0 Å². The molecule has 1 heterocycles. The largest absolute Gasteiger partial charge is 0.450 e. The van der Waals surface area contributed by atoms with Gasteiger partial charge in [-0.3, -0.25) is 0 Å². The Morgan fingerprint density at radius 3 is 2.13 bits per heavy atom. The number of rotatable bonds is 2. The molecule has 4 nitrogen and oxygen atoms in total. The molecule has 0 unspecified atom stereocenters. The zero-order valence-corrected chi connectivity index (χ0v) is 9.87. The molecule has 15 heavy (non-hydrogen) atoms. The fourth-order valence-corrected chi connectivity index (χ4v) is 1.46. The van der Waals surface area contributed by atoms with Gasteiger partial charge < -0.3 is 14.5 Å². The molecule has 0 N–H and O–H groups in total. The monoisotopic (exact) mass is 214 g/mol. The van der Waals surface area contributed by atoms with E-state index < -0.39 is 0 Å². The first-order valence-electron chi connectivity index (χ1n) is 5.42. The van der Waals surface area contributed by atoms with E-state index in [0.717, 1.165) is 32.7 Å². The summed E-state index contributed by atoms with van der Waals surface area (Å²) >= 11 is 0. The van der Waals surface area contributed by atoms with Crippen LogP contribution in [0.4, 0.5) is 4.79 Å². The van der Waals surface area contributed by atoms with E-state index in [1.165, 1.54) is 0 Å². The van der Waals surface area contributed by atoms with Gasteiger partial charge in [0.25, 0.3) is 0 Å². The molecule has 4 heteroatoms. The van der Waals surface area contributed by atoms with Crippen LogP contribution in [0.25, 0.3) is 0 Å². The molecule has 0 spiro atoms. The molecule has 1 saturated heterocycles. The van der Waals surface area contributed by atoms with Crippen LogP contribution in [-0.4, -0.2) is 55.2 Å². The van der Waals surface area contributed by atoms with Gasteiger partial charge in [-0.05, 0) is 13.5 Å². The Bertz CT molecular complexity index is 177. The second-order valence-electron chi connectivity index (χ2n) is 3.12. The van der Waals surface area contributed by atoms with Crippen LogP contribution < -0.4 is 0 Å². The van der Waals surface area contributed by atoms with Gasteiger partial charge in [-0.25, -0.2) is 4.79 Å². The Balaban J connectivity index is 0.000000921. The van der Waals surface area contributed by atoms with Crippen LogP contribution in [-0.2, 0) is 4.74 Å². The van der Waals surface area contributed by atoms with Gasteiger partial charge in [0.05, 0.1) is 6.61 Å². The first kappa shape index (κ1) is 14.0. The van der Waals surface area contributed by atoms with Crippen LogP contribution in [0.2, 0.25) is 0 Å². The summed E-state index contributed by atoms with van der Waals surface area (Å²) in [6, 6.07) is 0. The number of hydrogen-bond acceptors (Lipinski definition) is 3. The Hall–Kier alpha value is -1.03. The van der Waals surface area contributed by atoms with Crippen LogP contribution in [0.1, 0.15) is 13.8 Å². The maximum absolute atomic E-state index is 11.3. The molecule has 0 saturated carbocycles. The van der Waals surface area contributed by atoms with Crippen molar-refractivity contribution in [2.45, 2.75) is 13.8 Å². The molecule has 0 atom stereocenters. The van der Waals surface area contributed by atoms with E-state index in [2.05, 4.69) is 25.0 Å². The number of ether oxygens (including phenoxy) is 1. The van der Waals surface area contributed by atoms with Gasteiger partial charge in [0.2, 0.25) is 0 Å². The molecule has 1 fully saturated rings. The van der Waals surface area contributed by atoms with Gasteiger partial charge in [-0.15, -0.1) is 13.2 Å². The van der Waals surface area contributed by atoms with E-state index in [1.54, 1.807) is 4.90 Å². The van der Waals surface area contributed by atoms with Crippen LogP contribution in [0, 0.1) is 0 Å². The highest BCUT2D eigenvalue weighted by Crippen LogP contribution is 2.02. The highest BCUT2D eigenvalue weighted by atomic mass is 16.6. The predicted octanol–water partition coefficient (Wildman–Crippen LogP) is 1.58. The normalized spacial score (nSPS) is 16.5. The van der Waals surface area contributed by atoms with Crippen molar-refractivity contribution in [1.82, 2.24) is 9.80 Å². The van der Waals surface area contributed by atoms with Crippen LogP contribution in [0.3, 0.4) is 0 Å². The molecule has 0 aromatic carbocycles. The minimum atomic E-state index is -0.168. The van der Waals surface area contributed by atoms with Crippen molar-refractivity contribution in [3.63, 3.8) is 0 Å². The number of nitrogens with zero attached hydrogens (tertiary/aromatic N) is 2. The van der Waals surface area contributed by atoms with Gasteiger partial charge >= 0.3 is 6.09 Å². The molecule has 0 aromatic heterocycles. The summed E-state index contributed by atoms with van der Waals surface area (Å²) in [5.74, 6) is 0. The molecular weight excluding hydrogens is 192 g/mol. The van der Waals surface area contributed by atoms with Crippen LogP contribution >= 0.6 is 0 Å². The third kappa shape index (κ3) is 4.83. The van der Waals surface area contributed by atoms with Crippen molar-refractivity contribution in [2.24, 2.45) is 0 Å². The van der Waals surface area contributed by atoms with Gasteiger partial charge in [0.1, 0.15) is 0 Å². The molecule has 1 rings (SSSR count). The lowest BCUT2D eigenvalue weighted by atomic mass is 10.3. The van der Waals surface area contributed by atoms with Crippen molar-refractivity contribution >= 4 is 6.09 Å². The maximum atomic E-state index is 11.3. The third-order valence-electron chi connectivity index (χ3n) is 2.35. The second kappa shape index (κ2) is 8.29. The van der Waals surface area contributed by atoms with Crippen LogP contribution in [0.15, 0.2) is 13.2 Å². The summed E-state index contributed by atoms with van der Waals surface area (Å²) in [7, 11) is 0. The number of carbonyl (C=O) groups excluding carboxylic acids is 1. The number of hydrogen-bond donors (Lipinski definition) is 0. The second-order valence-corrected chi connectivity index (χ2v) is 3.12. The van der Waals surface area contributed by atoms with Crippen molar-refractivity contribution in [3.05, 3.63) is 13.2 Å². The van der Waals surface area contributed by atoms with Crippen molar-refractivity contribution in [2.75, 3.05) is 39.3 Å². The smallest absolute Gasteiger partial charge is 0.409 e. The minimum absolute atomic E-state index is 0.168. The zero-order valence-electron chi connectivity index (χ0n) is 9.87. The molecule has 0 bridgehead atoms. The molecule has 0 aliphatic carbocycles. The number of likely N-dealkylation sites (N-methyl/N-ethyl adjacent to an activating group) is 1. The minimum Gasteiger partial charge on any atom is -0.450 e. The number of piperazine rings is 1.